The molecule has 96 valence electrons. The Balaban J connectivity index is 2.60. The predicted octanol–water partition coefficient (Wildman–Crippen LogP) is 3.30. The molecule has 1 aromatic heterocycles. The molecule has 0 spiro atoms. The summed E-state index contributed by atoms with van der Waals surface area (Å²) in [7, 11) is 3.20. The smallest absolute Gasteiger partial charge is 0.128 e. The van der Waals surface area contributed by atoms with E-state index in [4.69, 9.17) is 27.0 Å². The summed E-state index contributed by atoms with van der Waals surface area (Å²) >= 11 is 5.13. The maximum Gasteiger partial charge on any atom is 0.128 e. The molecule has 2 rings (SSSR count). The highest BCUT2D eigenvalue weighted by Gasteiger charge is 2.09. The SMILES string of the molecule is COc1ccc(OC)c(-c2ccc(C#N)c(=S)[nH]2)c1. The second kappa shape index (κ2) is 5.55. The maximum atomic E-state index is 8.88. The first-order valence-corrected chi connectivity index (χ1v) is 5.96. The molecule has 2 aromatic rings. The van der Waals surface area contributed by atoms with Crippen LogP contribution in [0.1, 0.15) is 5.56 Å². The van der Waals surface area contributed by atoms with Crippen LogP contribution in [0.25, 0.3) is 11.3 Å². The van der Waals surface area contributed by atoms with E-state index in [1.165, 1.54) is 0 Å². The summed E-state index contributed by atoms with van der Waals surface area (Å²) in [6.07, 6.45) is 0. The van der Waals surface area contributed by atoms with Crippen LogP contribution in [0, 0.1) is 16.0 Å². The van der Waals surface area contributed by atoms with Gasteiger partial charge in [-0.2, -0.15) is 5.26 Å². The highest BCUT2D eigenvalue weighted by Crippen LogP contribution is 2.32. The number of ether oxygens (including phenoxy) is 2. The number of nitriles is 1. The molecule has 19 heavy (non-hydrogen) atoms. The van der Waals surface area contributed by atoms with E-state index < -0.39 is 0 Å². The van der Waals surface area contributed by atoms with Gasteiger partial charge in [0.15, 0.2) is 0 Å². The molecule has 0 fully saturated rings. The Kier molecular flexibility index (Phi) is 3.83. The van der Waals surface area contributed by atoms with Gasteiger partial charge in [-0.15, -0.1) is 0 Å². The van der Waals surface area contributed by atoms with Crippen LogP contribution in [-0.4, -0.2) is 19.2 Å². The molecule has 0 saturated carbocycles. The molecule has 0 atom stereocenters. The number of methoxy groups -OCH3 is 2. The van der Waals surface area contributed by atoms with Crippen LogP contribution >= 0.6 is 12.2 Å². The molecule has 0 aliphatic heterocycles. The fourth-order valence-electron chi connectivity index (χ4n) is 1.74. The number of hydrogen-bond donors (Lipinski definition) is 1. The molecule has 0 radical (unpaired) electrons. The Morgan fingerprint density at radius 2 is 1.95 bits per heavy atom. The summed E-state index contributed by atoms with van der Waals surface area (Å²) in [5.41, 5.74) is 2.05. The third-order valence-electron chi connectivity index (χ3n) is 2.73. The molecule has 4 nitrogen and oxygen atoms in total. The lowest BCUT2D eigenvalue weighted by molar-refractivity contribution is 0.404. The van der Waals surface area contributed by atoms with Crippen molar-refractivity contribution in [2.75, 3.05) is 14.2 Å². The number of nitrogens with zero attached hydrogens (tertiary/aromatic N) is 1. The van der Waals surface area contributed by atoms with Crippen molar-refractivity contribution < 1.29 is 9.47 Å². The lowest BCUT2D eigenvalue weighted by atomic mass is 10.1. The molecule has 1 N–H and O–H groups in total. The summed E-state index contributed by atoms with van der Waals surface area (Å²) in [5.74, 6) is 1.43. The van der Waals surface area contributed by atoms with Gasteiger partial charge in [-0.05, 0) is 30.3 Å². The van der Waals surface area contributed by atoms with Gasteiger partial charge in [0.25, 0.3) is 0 Å². The number of aromatic nitrogens is 1. The molecule has 0 saturated heterocycles. The van der Waals surface area contributed by atoms with E-state index in [9.17, 15) is 0 Å². The average molecular weight is 272 g/mol. The summed E-state index contributed by atoms with van der Waals surface area (Å²) < 4.78 is 10.9. The highest BCUT2D eigenvalue weighted by atomic mass is 32.1. The first kappa shape index (κ1) is 13.1. The average Bonchev–Trinajstić information content (AvgIpc) is 2.46. The molecule has 0 aliphatic carbocycles. The van der Waals surface area contributed by atoms with Crippen molar-refractivity contribution in [3.8, 4) is 28.8 Å². The van der Waals surface area contributed by atoms with Crippen LogP contribution in [0.2, 0.25) is 0 Å². The summed E-state index contributed by atoms with van der Waals surface area (Å²) in [6.45, 7) is 0. The van der Waals surface area contributed by atoms with E-state index in [2.05, 4.69) is 4.98 Å². The summed E-state index contributed by atoms with van der Waals surface area (Å²) in [6, 6.07) is 11.0. The normalized spacial score (nSPS) is 9.74. The Hall–Kier alpha value is -2.32. The Labute approximate surface area is 116 Å². The van der Waals surface area contributed by atoms with Gasteiger partial charge in [0.2, 0.25) is 0 Å². The number of pyridine rings is 1. The van der Waals surface area contributed by atoms with Crippen molar-refractivity contribution in [3.63, 3.8) is 0 Å². The Morgan fingerprint density at radius 1 is 1.16 bits per heavy atom. The molecule has 0 aliphatic rings. The molecular weight excluding hydrogens is 260 g/mol. The monoisotopic (exact) mass is 272 g/mol. The third-order valence-corrected chi connectivity index (χ3v) is 3.05. The highest BCUT2D eigenvalue weighted by molar-refractivity contribution is 7.71. The number of hydrogen-bond acceptors (Lipinski definition) is 4. The van der Waals surface area contributed by atoms with E-state index in [-0.39, 0.29) is 0 Å². The van der Waals surface area contributed by atoms with Gasteiger partial charge in [-0.1, -0.05) is 12.2 Å². The van der Waals surface area contributed by atoms with Crippen molar-refractivity contribution >= 4 is 12.2 Å². The molecule has 0 amide bonds. The number of nitrogens with one attached hydrogen (secondary N) is 1. The minimum absolute atomic E-state index is 0.407. The fraction of sp³-hybridized carbons (Fsp3) is 0.143. The predicted molar refractivity (Wildman–Crippen MR) is 74.9 cm³/mol. The number of H-pyrrole nitrogens is 1. The van der Waals surface area contributed by atoms with Gasteiger partial charge in [-0.3, -0.25) is 0 Å². The van der Waals surface area contributed by atoms with Gasteiger partial charge >= 0.3 is 0 Å². The van der Waals surface area contributed by atoms with Crippen LogP contribution in [0.4, 0.5) is 0 Å². The third kappa shape index (κ3) is 2.59. The van der Waals surface area contributed by atoms with E-state index in [0.29, 0.717) is 16.0 Å². The Bertz CT molecular complexity index is 701. The van der Waals surface area contributed by atoms with Gasteiger partial charge in [0, 0.05) is 5.56 Å². The molecule has 1 aromatic carbocycles. The van der Waals surface area contributed by atoms with E-state index in [0.717, 1.165) is 17.0 Å². The van der Waals surface area contributed by atoms with Crippen LogP contribution in [0.3, 0.4) is 0 Å². The van der Waals surface area contributed by atoms with Gasteiger partial charge in [0.1, 0.15) is 22.2 Å². The number of rotatable bonds is 3. The van der Waals surface area contributed by atoms with Crippen LogP contribution in [0.15, 0.2) is 30.3 Å². The topological polar surface area (TPSA) is 58.0 Å². The fourth-order valence-corrected chi connectivity index (χ4v) is 1.97. The molecular formula is C14H12N2O2S. The van der Waals surface area contributed by atoms with Crippen molar-refractivity contribution in [2.45, 2.75) is 0 Å². The van der Waals surface area contributed by atoms with Crippen LogP contribution in [0.5, 0.6) is 11.5 Å². The van der Waals surface area contributed by atoms with Gasteiger partial charge < -0.3 is 14.5 Å². The van der Waals surface area contributed by atoms with E-state index in [1.807, 2.05) is 24.3 Å². The lowest BCUT2D eigenvalue weighted by Gasteiger charge is -2.10. The van der Waals surface area contributed by atoms with Crippen LogP contribution < -0.4 is 9.47 Å². The standard InChI is InChI=1S/C14H12N2O2S/c1-17-10-4-6-13(18-2)11(7-10)12-5-3-9(8-15)14(19)16-12/h3-7H,1-2H3,(H,16,19). The largest absolute Gasteiger partial charge is 0.497 e. The molecule has 0 bridgehead atoms. The van der Waals surface area contributed by atoms with Gasteiger partial charge in [0.05, 0.1) is 25.5 Å². The number of benzene rings is 1. The molecule has 1 heterocycles. The maximum absolute atomic E-state index is 8.88. The summed E-state index contributed by atoms with van der Waals surface area (Å²) in [5, 5.41) is 8.88. The van der Waals surface area contributed by atoms with E-state index >= 15 is 0 Å². The minimum atomic E-state index is 0.407. The minimum Gasteiger partial charge on any atom is -0.497 e. The second-order valence-electron chi connectivity index (χ2n) is 3.79. The number of aromatic amines is 1. The van der Waals surface area contributed by atoms with Gasteiger partial charge in [-0.25, -0.2) is 0 Å². The van der Waals surface area contributed by atoms with E-state index in [1.54, 1.807) is 26.4 Å². The van der Waals surface area contributed by atoms with Crippen molar-refractivity contribution in [2.24, 2.45) is 0 Å². The second-order valence-corrected chi connectivity index (χ2v) is 4.20. The zero-order valence-corrected chi connectivity index (χ0v) is 11.4. The summed E-state index contributed by atoms with van der Waals surface area (Å²) in [4.78, 5) is 3.03. The molecule has 0 unspecified atom stereocenters. The first-order chi connectivity index (χ1) is 9.19. The Morgan fingerprint density at radius 3 is 2.53 bits per heavy atom. The van der Waals surface area contributed by atoms with Crippen molar-refractivity contribution in [1.82, 2.24) is 4.98 Å². The molecule has 5 heteroatoms. The zero-order valence-electron chi connectivity index (χ0n) is 10.6. The first-order valence-electron chi connectivity index (χ1n) is 5.55. The van der Waals surface area contributed by atoms with Crippen molar-refractivity contribution in [3.05, 3.63) is 40.5 Å². The zero-order chi connectivity index (χ0) is 13.8. The van der Waals surface area contributed by atoms with Crippen LogP contribution in [-0.2, 0) is 0 Å². The quantitative estimate of drug-likeness (QED) is 0.871. The van der Waals surface area contributed by atoms with Crippen molar-refractivity contribution in [1.29, 1.82) is 5.26 Å². The lowest BCUT2D eigenvalue weighted by Crippen LogP contribution is -1.93.